The highest BCUT2D eigenvalue weighted by Gasteiger charge is 2.47. The number of halogens is 2. The van der Waals surface area contributed by atoms with Crippen LogP contribution >= 0.6 is 12.1 Å². The van der Waals surface area contributed by atoms with Gasteiger partial charge in [0.1, 0.15) is 17.4 Å². The van der Waals surface area contributed by atoms with E-state index in [0.29, 0.717) is 11.7 Å². The lowest BCUT2D eigenvalue weighted by molar-refractivity contribution is 0.106. The van der Waals surface area contributed by atoms with Gasteiger partial charge in [-0.1, -0.05) is 12.1 Å². The average molecular weight is 434 g/mol. The molecule has 2 aromatic carbocycles. The van der Waals surface area contributed by atoms with Crippen molar-refractivity contribution < 1.29 is 13.5 Å². The molecular formula is C23H29F2N3OS. The van der Waals surface area contributed by atoms with Crippen LogP contribution < -0.4 is 13.8 Å². The first kappa shape index (κ1) is 21.4. The zero-order chi connectivity index (χ0) is 21.3. The fourth-order valence-corrected chi connectivity index (χ4v) is 5.64. The van der Waals surface area contributed by atoms with Gasteiger partial charge in [-0.3, -0.25) is 9.21 Å². The zero-order valence-electron chi connectivity index (χ0n) is 17.7. The molecule has 2 aliphatic rings. The Kier molecular flexibility index (Phi) is 6.23. The number of benzene rings is 2. The van der Waals surface area contributed by atoms with E-state index >= 15 is 0 Å². The summed E-state index contributed by atoms with van der Waals surface area (Å²) in [5.74, 6) is -0.178. The van der Waals surface area contributed by atoms with Gasteiger partial charge < -0.3 is 4.74 Å². The summed E-state index contributed by atoms with van der Waals surface area (Å²) in [4.78, 5) is 2.48. The van der Waals surface area contributed by atoms with Gasteiger partial charge in [0, 0.05) is 43.9 Å². The number of anilines is 1. The molecule has 0 unspecified atom stereocenters. The lowest BCUT2D eigenvalue weighted by Gasteiger charge is -2.47. The first-order valence-corrected chi connectivity index (χ1v) is 11.3. The minimum atomic E-state index is -0.540. The lowest BCUT2D eigenvalue weighted by Crippen LogP contribution is -2.56. The van der Waals surface area contributed by atoms with E-state index in [1.54, 1.807) is 0 Å². The Morgan fingerprint density at radius 1 is 1.20 bits per heavy atom. The second-order valence-corrected chi connectivity index (χ2v) is 9.48. The van der Waals surface area contributed by atoms with Gasteiger partial charge in [0.05, 0.1) is 17.3 Å². The maximum absolute atomic E-state index is 13.8. The maximum atomic E-state index is 13.8. The number of hydrogen-bond acceptors (Lipinski definition) is 5. The highest BCUT2D eigenvalue weighted by molar-refractivity contribution is 7.99. The molecule has 2 fully saturated rings. The van der Waals surface area contributed by atoms with Crippen molar-refractivity contribution in [1.29, 1.82) is 0 Å². The van der Waals surface area contributed by atoms with E-state index in [2.05, 4.69) is 33.0 Å². The monoisotopic (exact) mass is 433 g/mol. The van der Waals surface area contributed by atoms with Crippen molar-refractivity contribution in [2.75, 3.05) is 17.4 Å². The number of ether oxygens (including phenoxy) is 1. The fourth-order valence-electron chi connectivity index (χ4n) is 4.54. The van der Waals surface area contributed by atoms with Crippen molar-refractivity contribution in [3.8, 4) is 5.75 Å². The summed E-state index contributed by atoms with van der Waals surface area (Å²) < 4.78 is 38.9. The molecule has 0 bridgehead atoms. The minimum absolute atomic E-state index is 0.149. The largest absolute Gasteiger partial charge is 0.491 e. The smallest absolute Gasteiger partial charge is 0.128 e. The summed E-state index contributed by atoms with van der Waals surface area (Å²) in [6, 6.07) is 12.4. The van der Waals surface area contributed by atoms with E-state index in [0.717, 1.165) is 44.3 Å². The van der Waals surface area contributed by atoms with Crippen molar-refractivity contribution >= 4 is 17.8 Å². The molecule has 2 aromatic rings. The number of hydrogen-bond donors (Lipinski definition) is 1. The Morgan fingerprint density at radius 3 is 2.67 bits per heavy atom. The van der Waals surface area contributed by atoms with Crippen LogP contribution in [0.1, 0.15) is 39.2 Å². The van der Waals surface area contributed by atoms with Crippen LogP contribution in [0.5, 0.6) is 5.75 Å². The van der Waals surface area contributed by atoms with Gasteiger partial charge in [-0.2, -0.15) is 0 Å². The summed E-state index contributed by atoms with van der Waals surface area (Å²) in [7, 11) is 0. The molecule has 0 saturated carbocycles. The van der Waals surface area contributed by atoms with E-state index in [1.807, 2.05) is 26.0 Å². The van der Waals surface area contributed by atoms with Gasteiger partial charge in [0.25, 0.3) is 0 Å². The summed E-state index contributed by atoms with van der Waals surface area (Å²) >= 11 is 1.45. The van der Waals surface area contributed by atoms with Crippen LogP contribution in [0.2, 0.25) is 0 Å². The number of likely N-dealkylation sites (tertiary alicyclic amines) is 1. The van der Waals surface area contributed by atoms with Crippen LogP contribution in [-0.4, -0.2) is 35.7 Å². The molecule has 0 radical (unpaired) electrons. The summed E-state index contributed by atoms with van der Waals surface area (Å²) in [6.45, 7) is 8.88. The van der Waals surface area contributed by atoms with Crippen molar-refractivity contribution in [2.45, 2.75) is 57.8 Å². The van der Waals surface area contributed by atoms with Gasteiger partial charge in [-0.25, -0.2) is 13.5 Å². The van der Waals surface area contributed by atoms with Crippen LogP contribution in [0.15, 0.2) is 42.5 Å². The summed E-state index contributed by atoms with van der Waals surface area (Å²) in [6.07, 6.45) is 2.00. The van der Waals surface area contributed by atoms with Crippen LogP contribution in [-0.2, 0) is 6.54 Å². The second kappa shape index (κ2) is 8.73. The minimum Gasteiger partial charge on any atom is -0.491 e. The van der Waals surface area contributed by atoms with E-state index in [-0.39, 0.29) is 11.6 Å². The number of nitrogens with zero attached hydrogens (tertiary/aromatic N) is 2. The highest BCUT2D eigenvalue weighted by Crippen LogP contribution is 2.43. The Hall–Kier alpha value is -1.83. The first-order valence-electron chi connectivity index (χ1n) is 10.5. The average Bonchev–Trinajstić information content (AvgIpc) is 3.06. The van der Waals surface area contributed by atoms with Gasteiger partial charge in [0.2, 0.25) is 0 Å². The summed E-state index contributed by atoms with van der Waals surface area (Å²) in [5, 5.41) is 0. The Bertz CT molecular complexity index is 876. The Balaban J connectivity index is 1.47. The van der Waals surface area contributed by atoms with E-state index in [4.69, 9.17) is 4.74 Å². The number of rotatable bonds is 5. The SMILES string of the molecule is CC(C)Oc1cccc(CN2CC[C@]3(CNSN3c3cc(F)cc(F)c3)C[C@@H]2C)c1. The van der Waals surface area contributed by atoms with E-state index in [9.17, 15) is 8.78 Å². The highest BCUT2D eigenvalue weighted by atomic mass is 32.2. The van der Waals surface area contributed by atoms with Crippen LogP contribution in [0.4, 0.5) is 14.5 Å². The summed E-state index contributed by atoms with van der Waals surface area (Å²) in [5.41, 5.74) is 1.67. The molecule has 0 aliphatic carbocycles. The molecule has 0 aromatic heterocycles. The van der Waals surface area contributed by atoms with Gasteiger partial charge >= 0.3 is 0 Å². The van der Waals surface area contributed by atoms with Gasteiger partial charge in [-0.05, 0) is 63.4 Å². The van der Waals surface area contributed by atoms with Gasteiger partial charge in [-0.15, -0.1) is 0 Å². The molecule has 2 aliphatic heterocycles. The number of nitrogens with one attached hydrogen (secondary N) is 1. The molecule has 30 heavy (non-hydrogen) atoms. The molecule has 1 spiro atoms. The van der Waals surface area contributed by atoms with Crippen LogP contribution in [0, 0.1) is 11.6 Å². The molecule has 162 valence electrons. The fraction of sp³-hybridized carbons (Fsp3) is 0.478. The lowest BCUT2D eigenvalue weighted by atomic mass is 9.83. The Morgan fingerprint density at radius 2 is 1.97 bits per heavy atom. The molecule has 2 saturated heterocycles. The van der Waals surface area contributed by atoms with Gasteiger partial charge in [0.15, 0.2) is 0 Å². The quantitative estimate of drug-likeness (QED) is 0.659. The van der Waals surface area contributed by atoms with Crippen molar-refractivity contribution in [3.63, 3.8) is 0 Å². The third-order valence-electron chi connectivity index (χ3n) is 5.89. The molecule has 7 heteroatoms. The third kappa shape index (κ3) is 4.58. The standard InChI is InChI=1S/C23H29F2N3OS/c1-16(2)29-22-6-4-5-18(9-22)14-27-8-7-23(13-17(27)3)15-26-30-28(23)21-11-19(24)10-20(25)12-21/h4-6,9-12,16-17,26H,7-8,13-15H2,1-3H3/t17-,23+/m0/s1. The topological polar surface area (TPSA) is 27.7 Å². The number of piperidine rings is 1. The van der Waals surface area contributed by atoms with Crippen molar-refractivity contribution in [1.82, 2.24) is 9.62 Å². The molecule has 1 N–H and O–H groups in total. The molecule has 0 amide bonds. The van der Waals surface area contributed by atoms with E-state index < -0.39 is 11.6 Å². The normalized spacial score (nSPS) is 24.7. The molecule has 2 atom stereocenters. The molecule has 2 heterocycles. The van der Waals surface area contributed by atoms with Crippen molar-refractivity contribution in [3.05, 3.63) is 59.7 Å². The predicted molar refractivity (Wildman–Crippen MR) is 118 cm³/mol. The van der Waals surface area contributed by atoms with Crippen LogP contribution in [0.3, 0.4) is 0 Å². The zero-order valence-corrected chi connectivity index (χ0v) is 18.5. The predicted octanol–water partition coefficient (Wildman–Crippen LogP) is 5.15. The first-order chi connectivity index (χ1) is 14.3. The molecule has 4 nitrogen and oxygen atoms in total. The van der Waals surface area contributed by atoms with Crippen molar-refractivity contribution in [2.24, 2.45) is 0 Å². The third-order valence-corrected chi connectivity index (χ3v) is 6.94. The Labute approximate surface area is 181 Å². The van der Waals surface area contributed by atoms with Crippen LogP contribution in [0.25, 0.3) is 0 Å². The molecular weight excluding hydrogens is 404 g/mol. The van der Waals surface area contributed by atoms with E-state index in [1.165, 1.54) is 29.8 Å². The molecule has 4 rings (SSSR count). The maximum Gasteiger partial charge on any atom is 0.128 e. The second-order valence-electron chi connectivity index (χ2n) is 8.65.